The Kier molecular flexibility index (Phi) is 7.62. The highest BCUT2D eigenvalue weighted by Crippen LogP contribution is 2.31. The number of rotatable bonds is 7. The second-order valence-electron chi connectivity index (χ2n) is 9.84. The molecule has 9 heteroatoms. The minimum absolute atomic E-state index is 0.0793. The van der Waals surface area contributed by atoms with E-state index in [2.05, 4.69) is 33.0 Å². The molecule has 1 aromatic heterocycles. The molecule has 202 valence electrons. The van der Waals surface area contributed by atoms with Gasteiger partial charge in [0, 0.05) is 65.3 Å². The second kappa shape index (κ2) is 11.0. The summed E-state index contributed by atoms with van der Waals surface area (Å²) in [5.41, 5.74) is 3.29. The Morgan fingerprint density at radius 1 is 1.10 bits per heavy atom. The summed E-state index contributed by atoms with van der Waals surface area (Å²) in [4.78, 5) is 8.90. The van der Waals surface area contributed by atoms with Crippen LogP contribution in [0, 0.1) is 5.82 Å². The molecule has 6 nitrogen and oxygen atoms in total. The summed E-state index contributed by atoms with van der Waals surface area (Å²) in [7, 11) is -3.83. The van der Waals surface area contributed by atoms with Gasteiger partial charge in [-0.1, -0.05) is 54.6 Å². The molecule has 0 bridgehead atoms. The van der Waals surface area contributed by atoms with Crippen LogP contribution >= 0.6 is 11.6 Å². The number of nitrogens with zero attached hydrogens (tertiary/aromatic N) is 3. The van der Waals surface area contributed by atoms with Crippen LogP contribution in [-0.4, -0.2) is 48.9 Å². The van der Waals surface area contributed by atoms with Gasteiger partial charge in [-0.15, -0.1) is 0 Å². The van der Waals surface area contributed by atoms with Crippen molar-refractivity contribution in [1.29, 1.82) is 0 Å². The zero-order valence-electron chi connectivity index (χ0n) is 21.8. The van der Waals surface area contributed by atoms with Crippen molar-refractivity contribution >= 4 is 43.9 Å². The van der Waals surface area contributed by atoms with Crippen LogP contribution in [0.25, 0.3) is 16.6 Å². The van der Waals surface area contributed by atoms with Crippen molar-refractivity contribution in [2.24, 2.45) is 0 Å². The average molecular weight is 565 g/mol. The molecule has 1 saturated heterocycles. The van der Waals surface area contributed by atoms with Gasteiger partial charge in [0.25, 0.3) is 10.0 Å². The molecule has 1 unspecified atom stereocenters. The number of piperazine rings is 1. The van der Waals surface area contributed by atoms with Gasteiger partial charge in [-0.05, 0) is 55.8 Å². The number of aromatic nitrogens is 1. The Morgan fingerprint density at radius 3 is 2.56 bits per heavy atom. The van der Waals surface area contributed by atoms with Crippen LogP contribution in [-0.2, 0) is 10.0 Å². The van der Waals surface area contributed by atoms with E-state index < -0.39 is 10.0 Å². The molecule has 5 rings (SSSR count). The molecule has 1 N–H and O–H groups in total. The number of halogens is 2. The number of hydrogen-bond acceptors (Lipinski definition) is 5. The van der Waals surface area contributed by atoms with Crippen molar-refractivity contribution in [2.45, 2.75) is 30.8 Å². The van der Waals surface area contributed by atoms with Crippen LogP contribution in [0.15, 0.2) is 90.5 Å². The Morgan fingerprint density at radius 2 is 1.85 bits per heavy atom. The molecular formula is C30H30ClFN4O2S. The van der Waals surface area contributed by atoms with E-state index in [1.165, 1.54) is 6.07 Å². The Balaban J connectivity index is 1.26. The minimum Gasteiger partial charge on any atom is -0.366 e. The zero-order valence-corrected chi connectivity index (χ0v) is 23.4. The van der Waals surface area contributed by atoms with Gasteiger partial charge in [-0.3, -0.25) is 14.6 Å². The fraction of sp³-hybridized carbons (Fsp3) is 0.233. The van der Waals surface area contributed by atoms with E-state index in [0.29, 0.717) is 21.8 Å². The van der Waals surface area contributed by atoms with Crippen LogP contribution < -0.4 is 4.72 Å². The van der Waals surface area contributed by atoms with Crippen molar-refractivity contribution < 1.29 is 12.8 Å². The number of nitrogens with one attached hydrogen (secondary N) is 1. The standard InChI is InChI=1S/C30H30ClFN4O2S/c1-20-19-35(22(3)27-14-11-25(31)18-28(27)32)16-17-36(20)21(2)23-9-12-26(13-10-23)34-39(37,38)29-8-4-6-24-7-5-15-33-30(24)29/h4-15,18,20,22,34H,2,16-17,19H2,1,3H3/t20-,22?/m1/s1. The highest BCUT2D eigenvalue weighted by Gasteiger charge is 2.29. The lowest BCUT2D eigenvalue weighted by atomic mass is 10.0. The monoisotopic (exact) mass is 564 g/mol. The van der Waals surface area contributed by atoms with Gasteiger partial charge < -0.3 is 4.90 Å². The molecule has 4 aromatic rings. The fourth-order valence-corrected chi connectivity index (χ4v) is 6.57. The van der Waals surface area contributed by atoms with E-state index in [-0.39, 0.29) is 22.8 Å². The third kappa shape index (κ3) is 5.64. The first-order valence-electron chi connectivity index (χ1n) is 12.8. The van der Waals surface area contributed by atoms with Gasteiger partial charge in [0.05, 0.1) is 5.52 Å². The van der Waals surface area contributed by atoms with E-state index in [4.69, 9.17) is 11.6 Å². The lowest BCUT2D eigenvalue weighted by molar-refractivity contribution is 0.0954. The van der Waals surface area contributed by atoms with Crippen LogP contribution in [0.2, 0.25) is 5.02 Å². The molecule has 0 aliphatic carbocycles. The number of benzene rings is 3. The Bertz CT molecular complexity index is 1620. The zero-order chi connectivity index (χ0) is 27.7. The molecule has 0 amide bonds. The minimum atomic E-state index is -3.83. The van der Waals surface area contributed by atoms with E-state index in [0.717, 1.165) is 36.3 Å². The highest BCUT2D eigenvalue weighted by atomic mass is 35.5. The molecule has 2 heterocycles. The van der Waals surface area contributed by atoms with Gasteiger partial charge >= 0.3 is 0 Å². The van der Waals surface area contributed by atoms with Gasteiger partial charge in [0.2, 0.25) is 0 Å². The highest BCUT2D eigenvalue weighted by molar-refractivity contribution is 7.93. The summed E-state index contributed by atoms with van der Waals surface area (Å²) in [5, 5.41) is 1.15. The van der Waals surface area contributed by atoms with Crippen LogP contribution in [0.3, 0.4) is 0 Å². The summed E-state index contributed by atoms with van der Waals surface area (Å²) in [5.74, 6) is -0.290. The maximum Gasteiger partial charge on any atom is 0.264 e. The molecule has 1 aliphatic rings. The summed E-state index contributed by atoms with van der Waals surface area (Å²) in [6, 6.07) is 20.8. The molecule has 39 heavy (non-hydrogen) atoms. The van der Waals surface area contributed by atoms with Crippen LogP contribution in [0.1, 0.15) is 31.0 Å². The molecule has 0 radical (unpaired) electrons. The topological polar surface area (TPSA) is 65.5 Å². The maximum absolute atomic E-state index is 14.5. The Hall–Kier alpha value is -3.46. The molecule has 0 spiro atoms. The van der Waals surface area contributed by atoms with Gasteiger partial charge in [0.1, 0.15) is 10.7 Å². The predicted molar refractivity (Wildman–Crippen MR) is 156 cm³/mol. The third-order valence-corrected chi connectivity index (χ3v) is 8.97. The van der Waals surface area contributed by atoms with E-state index >= 15 is 0 Å². The molecule has 2 atom stereocenters. The number of hydrogen-bond donors (Lipinski definition) is 1. The summed E-state index contributed by atoms with van der Waals surface area (Å²) in [6.45, 7) is 10.7. The average Bonchev–Trinajstić information content (AvgIpc) is 2.92. The summed E-state index contributed by atoms with van der Waals surface area (Å²) in [6.07, 6.45) is 1.58. The molecular weight excluding hydrogens is 535 g/mol. The first-order chi connectivity index (χ1) is 18.6. The second-order valence-corrected chi connectivity index (χ2v) is 11.9. The largest absolute Gasteiger partial charge is 0.366 e. The predicted octanol–water partition coefficient (Wildman–Crippen LogP) is 6.57. The molecule has 1 aliphatic heterocycles. The lowest BCUT2D eigenvalue weighted by Gasteiger charge is -2.44. The van der Waals surface area contributed by atoms with Crippen molar-refractivity contribution in [3.8, 4) is 0 Å². The number of fused-ring (bicyclic) bond motifs is 1. The van der Waals surface area contributed by atoms with Crippen molar-refractivity contribution in [1.82, 2.24) is 14.8 Å². The fourth-order valence-electron chi connectivity index (χ4n) is 5.18. The smallest absolute Gasteiger partial charge is 0.264 e. The Labute approximate surface area is 233 Å². The summed E-state index contributed by atoms with van der Waals surface area (Å²) < 4.78 is 43.4. The van der Waals surface area contributed by atoms with Gasteiger partial charge in [0.15, 0.2) is 0 Å². The SMILES string of the molecule is C=C(c1ccc(NS(=O)(=O)c2cccc3cccnc23)cc1)N1CCN(C(C)c2ccc(Cl)cc2F)C[C@H]1C. The number of pyridine rings is 1. The molecule has 1 fully saturated rings. The first-order valence-corrected chi connectivity index (χ1v) is 14.6. The van der Waals surface area contributed by atoms with E-state index in [9.17, 15) is 12.8 Å². The maximum atomic E-state index is 14.5. The van der Waals surface area contributed by atoms with E-state index in [1.54, 1.807) is 48.7 Å². The van der Waals surface area contributed by atoms with Crippen molar-refractivity contribution in [2.75, 3.05) is 24.4 Å². The number of sulfonamides is 1. The number of para-hydroxylation sites is 1. The van der Waals surface area contributed by atoms with Crippen LogP contribution in [0.4, 0.5) is 10.1 Å². The molecule has 0 saturated carbocycles. The lowest BCUT2D eigenvalue weighted by Crippen LogP contribution is -2.51. The van der Waals surface area contributed by atoms with Gasteiger partial charge in [-0.25, -0.2) is 12.8 Å². The van der Waals surface area contributed by atoms with Crippen molar-refractivity contribution in [3.05, 3.63) is 108 Å². The molecule has 3 aromatic carbocycles. The van der Waals surface area contributed by atoms with E-state index in [1.807, 2.05) is 31.2 Å². The van der Waals surface area contributed by atoms with Crippen LogP contribution in [0.5, 0.6) is 0 Å². The first kappa shape index (κ1) is 27.1. The van der Waals surface area contributed by atoms with Gasteiger partial charge in [-0.2, -0.15) is 0 Å². The third-order valence-electron chi connectivity index (χ3n) is 7.32. The summed E-state index contributed by atoms with van der Waals surface area (Å²) >= 11 is 5.93. The van der Waals surface area contributed by atoms with Crippen molar-refractivity contribution in [3.63, 3.8) is 0 Å². The quantitative estimate of drug-likeness (QED) is 0.275. The number of anilines is 1. The normalized spacial score (nSPS) is 17.2.